The zero-order chi connectivity index (χ0) is 36.6. The Morgan fingerprint density at radius 3 is 1.58 bits per heavy atom. The standard InChI is InChI=1S/C50H29N5/c1-52-34-27-33(28-36(29-34)54-45-18-8-3-13-38(45)39-14-4-9-19-46(39)54)37-12-2-7-17-44(37)55-48-21-11-5-15-40(48)42-24-23-35(30-50(42)55)53-47-20-10-6-16-41(47)43-26-32(31-51)22-25-49(43)53/h2-30H. The molecule has 5 nitrogen and oxygen atoms in total. The van der Waals surface area contributed by atoms with E-state index in [9.17, 15) is 5.26 Å². The Morgan fingerprint density at radius 2 is 0.945 bits per heavy atom. The van der Waals surface area contributed by atoms with Gasteiger partial charge in [0, 0.05) is 49.3 Å². The SMILES string of the molecule is [C-]#[N+]c1cc(-c2ccccc2-n2c3ccccc3c3ccc(-n4c5ccccc5c5cc(C#N)ccc54)cc32)cc(-n2c3ccccc3c3ccccc32)c1. The van der Waals surface area contributed by atoms with Crippen LogP contribution < -0.4 is 0 Å². The minimum Gasteiger partial charge on any atom is -0.310 e. The second kappa shape index (κ2) is 11.8. The van der Waals surface area contributed by atoms with Gasteiger partial charge in [0.25, 0.3) is 0 Å². The molecule has 3 aromatic heterocycles. The van der Waals surface area contributed by atoms with Crippen molar-refractivity contribution >= 4 is 71.1 Å². The van der Waals surface area contributed by atoms with Crippen LogP contribution >= 0.6 is 0 Å². The topological polar surface area (TPSA) is 42.9 Å². The minimum absolute atomic E-state index is 0.583. The second-order valence-electron chi connectivity index (χ2n) is 14.0. The number of nitrogens with zero attached hydrogens (tertiary/aromatic N) is 5. The predicted octanol–water partition coefficient (Wildman–Crippen LogP) is 13.1. The van der Waals surface area contributed by atoms with Gasteiger partial charge in [-0.05, 0) is 84.4 Å². The molecule has 0 saturated carbocycles. The highest BCUT2D eigenvalue weighted by molar-refractivity contribution is 6.13. The normalized spacial score (nSPS) is 11.6. The minimum atomic E-state index is 0.583. The van der Waals surface area contributed by atoms with Crippen LogP contribution in [0.15, 0.2) is 176 Å². The first kappa shape index (κ1) is 30.7. The summed E-state index contributed by atoms with van der Waals surface area (Å²) >= 11 is 0. The van der Waals surface area contributed by atoms with Crippen molar-refractivity contribution in [1.29, 1.82) is 5.26 Å². The predicted molar refractivity (Wildman–Crippen MR) is 226 cm³/mol. The highest BCUT2D eigenvalue weighted by Gasteiger charge is 2.20. The van der Waals surface area contributed by atoms with Crippen LogP contribution in [-0.2, 0) is 0 Å². The van der Waals surface area contributed by atoms with Crippen LogP contribution in [0.2, 0.25) is 0 Å². The third-order valence-electron chi connectivity index (χ3n) is 11.0. The lowest BCUT2D eigenvalue weighted by Crippen LogP contribution is -1.99. The van der Waals surface area contributed by atoms with Gasteiger partial charge in [-0.3, -0.25) is 0 Å². The Kier molecular flexibility index (Phi) is 6.61. The van der Waals surface area contributed by atoms with Crippen molar-refractivity contribution in [2.75, 3.05) is 0 Å². The molecule has 5 heteroatoms. The van der Waals surface area contributed by atoms with Crippen molar-refractivity contribution in [3.05, 3.63) is 193 Å². The summed E-state index contributed by atoms with van der Waals surface area (Å²) in [6.45, 7) is 8.18. The van der Waals surface area contributed by atoms with E-state index < -0.39 is 0 Å². The Morgan fingerprint density at radius 1 is 0.418 bits per heavy atom. The van der Waals surface area contributed by atoms with Crippen LogP contribution in [0.4, 0.5) is 5.69 Å². The molecule has 0 atom stereocenters. The van der Waals surface area contributed by atoms with Gasteiger partial charge in [0.2, 0.25) is 0 Å². The van der Waals surface area contributed by atoms with E-state index >= 15 is 0 Å². The van der Waals surface area contributed by atoms with Crippen molar-refractivity contribution in [3.8, 4) is 34.3 Å². The van der Waals surface area contributed by atoms with Gasteiger partial charge in [-0.25, -0.2) is 4.85 Å². The maximum absolute atomic E-state index is 9.73. The molecular weight excluding hydrogens is 671 g/mol. The van der Waals surface area contributed by atoms with Gasteiger partial charge in [0.05, 0.1) is 57.0 Å². The fourth-order valence-corrected chi connectivity index (χ4v) is 8.74. The smallest absolute Gasteiger partial charge is 0.189 e. The van der Waals surface area contributed by atoms with Gasteiger partial charge in [-0.2, -0.15) is 5.26 Å². The average Bonchev–Trinajstić information content (AvgIpc) is 3.88. The lowest BCUT2D eigenvalue weighted by molar-refractivity contribution is 1.15. The largest absolute Gasteiger partial charge is 0.310 e. The Balaban J connectivity index is 1.17. The molecule has 0 N–H and O–H groups in total. The fourth-order valence-electron chi connectivity index (χ4n) is 8.74. The third kappa shape index (κ3) is 4.51. The van der Waals surface area contributed by atoms with Crippen molar-refractivity contribution in [3.63, 3.8) is 0 Å². The monoisotopic (exact) mass is 699 g/mol. The van der Waals surface area contributed by atoms with E-state index in [-0.39, 0.29) is 0 Å². The second-order valence-corrected chi connectivity index (χ2v) is 14.0. The molecule has 0 bridgehead atoms. The molecule has 0 aliphatic rings. The molecule has 254 valence electrons. The molecule has 11 rings (SSSR count). The van der Waals surface area contributed by atoms with E-state index in [4.69, 9.17) is 6.57 Å². The number of para-hydroxylation sites is 5. The van der Waals surface area contributed by atoms with Crippen molar-refractivity contribution in [1.82, 2.24) is 13.7 Å². The van der Waals surface area contributed by atoms with Crippen LogP contribution in [0.25, 0.3) is 98.5 Å². The number of rotatable bonds is 4. The molecule has 55 heavy (non-hydrogen) atoms. The van der Waals surface area contributed by atoms with Crippen LogP contribution in [0, 0.1) is 17.9 Å². The van der Waals surface area contributed by atoms with Crippen LogP contribution in [0.1, 0.15) is 5.56 Å². The number of hydrogen-bond acceptors (Lipinski definition) is 1. The zero-order valence-corrected chi connectivity index (χ0v) is 29.5. The van der Waals surface area contributed by atoms with E-state index in [0.717, 1.165) is 77.4 Å². The molecule has 11 aromatic rings. The Bertz CT molecular complexity index is 3420. The summed E-state index contributed by atoms with van der Waals surface area (Å²) < 4.78 is 6.95. The van der Waals surface area contributed by atoms with Crippen molar-refractivity contribution in [2.45, 2.75) is 0 Å². The van der Waals surface area contributed by atoms with Crippen LogP contribution in [0.3, 0.4) is 0 Å². The van der Waals surface area contributed by atoms with Gasteiger partial charge in [-0.15, -0.1) is 0 Å². The van der Waals surface area contributed by atoms with Crippen LogP contribution in [0.5, 0.6) is 0 Å². The molecule has 0 spiro atoms. The fraction of sp³-hybridized carbons (Fsp3) is 0. The molecule has 3 heterocycles. The molecule has 0 aliphatic heterocycles. The summed E-state index contributed by atoms with van der Waals surface area (Å²) in [6, 6.07) is 63.7. The number of benzene rings is 8. The Labute approximate surface area is 316 Å². The number of fused-ring (bicyclic) bond motifs is 9. The molecule has 0 amide bonds. The summed E-state index contributed by atoms with van der Waals surface area (Å²) in [4.78, 5) is 3.99. The molecule has 0 aliphatic carbocycles. The summed E-state index contributed by atoms with van der Waals surface area (Å²) in [7, 11) is 0. The highest BCUT2D eigenvalue weighted by atomic mass is 15.0. The van der Waals surface area contributed by atoms with Gasteiger partial charge in [0.15, 0.2) is 5.69 Å². The van der Waals surface area contributed by atoms with E-state index in [2.05, 4.69) is 176 Å². The van der Waals surface area contributed by atoms with E-state index in [1.54, 1.807) is 0 Å². The number of nitriles is 1. The molecule has 8 aromatic carbocycles. The highest BCUT2D eigenvalue weighted by Crippen LogP contribution is 2.41. The van der Waals surface area contributed by atoms with E-state index in [0.29, 0.717) is 11.3 Å². The van der Waals surface area contributed by atoms with Gasteiger partial charge >= 0.3 is 0 Å². The first-order chi connectivity index (χ1) is 27.2. The van der Waals surface area contributed by atoms with E-state index in [1.807, 2.05) is 24.3 Å². The summed E-state index contributed by atoms with van der Waals surface area (Å²) in [5.74, 6) is 0. The van der Waals surface area contributed by atoms with Gasteiger partial charge in [0.1, 0.15) is 0 Å². The maximum atomic E-state index is 9.73. The summed E-state index contributed by atoms with van der Waals surface area (Å²) in [5, 5.41) is 16.6. The molecule has 0 radical (unpaired) electrons. The number of hydrogen-bond donors (Lipinski definition) is 0. The first-order valence-electron chi connectivity index (χ1n) is 18.3. The van der Waals surface area contributed by atoms with Crippen molar-refractivity contribution < 1.29 is 0 Å². The first-order valence-corrected chi connectivity index (χ1v) is 18.3. The molecule has 0 unspecified atom stereocenters. The van der Waals surface area contributed by atoms with Gasteiger partial charge < -0.3 is 13.7 Å². The van der Waals surface area contributed by atoms with E-state index in [1.165, 1.54) is 16.2 Å². The lowest BCUT2D eigenvalue weighted by atomic mass is 10.0. The zero-order valence-electron chi connectivity index (χ0n) is 29.5. The lowest BCUT2D eigenvalue weighted by Gasteiger charge is -2.17. The third-order valence-corrected chi connectivity index (χ3v) is 11.0. The van der Waals surface area contributed by atoms with Crippen molar-refractivity contribution in [2.24, 2.45) is 0 Å². The maximum Gasteiger partial charge on any atom is 0.189 e. The number of aromatic nitrogens is 3. The molecular formula is C50H29N5. The molecule has 0 saturated heterocycles. The Hall–Kier alpha value is -7.86. The van der Waals surface area contributed by atoms with Crippen LogP contribution in [-0.4, -0.2) is 13.7 Å². The molecule has 0 fully saturated rings. The summed E-state index contributed by atoms with van der Waals surface area (Å²) in [5.41, 5.74) is 12.8. The quantitative estimate of drug-likeness (QED) is 0.169. The average molecular weight is 700 g/mol. The van der Waals surface area contributed by atoms with Gasteiger partial charge in [-0.1, -0.05) is 97.1 Å². The summed E-state index contributed by atoms with van der Waals surface area (Å²) in [6.07, 6.45) is 0.